The lowest BCUT2D eigenvalue weighted by atomic mass is 9.91. The van der Waals surface area contributed by atoms with E-state index in [9.17, 15) is 0 Å². The first-order valence-electron chi connectivity index (χ1n) is 6.35. The molecule has 0 radical (unpaired) electrons. The largest absolute Gasteiger partial charge is 0.328 e. The van der Waals surface area contributed by atoms with Crippen molar-refractivity contribution in [2.24, 2.45) is 5.73 Å². The summed E-state index contributed by atoms with van der Waals surface area (Å²) in [5.74, 6) is 0. The molecule has 2 nitrogen and oxygen atoms in total. The predicted octanol–water partition coefficient (Wildman–Crippen LogP) is 3.25. The molecule has 96 valence electrons. The molecule has 0 aromatic carbocycles. The quantitative estimate of drug-likeness (QED) is 0.923. The Hall–Kier alpha value is 0.1000. The van der Waals surface area contributed by atoms with Crippen LogP contribution in [0.5, 0.6) is 0 Å². The van der Waals surface area contributed by atoms with E-state index in [1.807, 2.05) is 11.3 Å². The Morgan fingerprint density at radius 1 is 1.35 bits per heavy atom. The van der Waals surface area contributed by atoms with E-state index in [0.29, 0.717) is 6.04 Å². The smallest absolute Gasteiger partial charge is 0.0701 e. The maximum atomic E-state index is 5.94. The average molecular weight is 317 g/mol. The summed E-state index contributed by atoms with van der Waals surface area (Å²) in [7, 11) is 2.25. The summed E-state index contributed by atoms with van der Waals surface area (Å²) in [5.41, 5.74) is 5.94. The van der Waals surface area contributed by atoms with Crippen LogP contribution in [0.3, 0.4) is 0 Å². The lowest BCUT2D eigenvalue weighted by Crippen LogP contribution is -2.39. The number of nitrogens with zero attached hydrogens (tertiary/aromatic N) is 1. The monoisotopic (exact) mass is 316 g/mol. The van der Waals surface area contributed by atoms with E-state index < -0.39 is 0 Å². The Morgan fingerprint density at radius 3 is 2.65 bits per heavy atom. The summed E-state index contributed by atoms with van der Waals surface area (Å²) < 4.78 is 1.23. The van der Waals surface area contributed by atoms with Crippen molar-refractivity contribution in [1.29, 1.82) is 0 Å². The molecule has 17 heavy (non-hydrogen) atoms. The van der Waals surface area contributed by atoms with Crippen LogP contribution in [-0.2, 0) is 6.42 Å². The van der Waals surface area contributed by atoms with Crippen molar-refractivity contribution in [2.75, 3.05) is 13.6 Å². The molecule has 2 rings (SSSR count). The molecule has 0 atom stereocenters. The highest BCUT2D eigenvalue weighted by molar-refractivity contribution is 9.11. The molecule has 4 heteroatoms. The zero-order valence-electron chi connectivity index (χ0n) is 10.4. The van der Waals surface area contributed by atoms with Gasteiger partial charge < -0.3 is 10.6 Å². The first kappa shape index (κ1) is 13.5. The van der Waals surface area contributed by atoms with Gasteiger partial charge in [0.15, 0.2) is 0 Å². The Kier molecular flexibility index (Phi) is 5.03. The van der Waals surface area contributed by atoms with E-state index in [2.05, 4.69) is 40.0 Å². The van der Waals surface area contributed by atoms with Gasteiger partial charge in [0.25, 0.3) is 0 Å². The highest BCUT2D eigenvalue weighted by Gasteiger charge is 2.21. The molecule has 1 heterocycles. The van der Waals surface area contributed by atoms with E-state index in [-0.39, 0.29) is 0 Å². The molecule has 1 aromatic heterocycles. The fourth-order valence-corrected chi connectivity index (χ4v) is 3.97. The molecule has 1 aliphatic carbocycles. The second-order valence-corrected chi connectivity index (χ2v) is 7.55. The Labute approximate surface area is 116 Å². The molecule has 0 bridgehead atoms. The molecule has 0 saturated heterocycles. The second-order valence-electron chi connectivity index (χ2n) is 5.01. The predicted molar refractivity (Wildman–Crippen MR) is 78.6 cm³/mol. The number of thiophene rings is 1. The van der Waals surface area contributed by atoms with Crippen LogP contribution in [0.2, 0.25) is 0 Å². The van der Waals surface area contributed by atoms with Gasteiger partial charge in [-0.3, -0.25) is 0 Å². The number of halogens is 1. The molecule has 1 aromatic rings. The van der Waals surface area contributed by atoms with Gasteiger partial charge in [-0.2, -0.15) is 0 Å². The molecule has 1 fully saturated rings. The third kappa shape index (κ3) is 4.05. The zero-order chi connectivity index (χ0) is 12.3. The summed E-state index contributed by atoms with van der Waals surface area (Å²) in [5, 5.41) is 0. The van der Waals surface area contributed by atoms with Crippen LogP contribution in [0.25, 0.3) is 0 Å². The topological polar surface area (TPSA) is 29.3 Å². The van der Waals surface area contributed by atoms with Crippen LogP contribution in [0.4, 0.5) is 0 Å². The summed E-state index contributed by atoms with van der Waals surface area (Å²) >= 11 is 5.36. The molecule has 0 spiro atoms. The van der Waals surface area contributed by atoms with Gasteiger partial charge >= 0.3 is 0 Å². The van der Waals surface area contributed by atoms with E-state index in [4.69, 9.17) is 5.73 Å². The number of likely N-dealkylation sites (N-methyl/N-ethyl adjacent to an activating group) is 1. The molecular weight excluding hydrogens is 296 g/mol. The first-order valence-corrected chi connectivity index (χ1v) is 7.96. The molecular formula is C13H21BrN2S. The number of hydrogen-bond donors (Lipinski definition) is 1. The number of rotatable bonds is 4. The minimum absolute atomic E-state index is 0.452. The molecule has 0 amide bonds. The fourth-order valence-electron chi connectivity index (χ4n) is 2.50. The maximum Gasteiger partial charge on any atom is 0.0701 e. The Morgan fingerprint density at radius 2 is 2.06 bits per heavy atom. The summed E-state index contributed by atoms with van der Waals surface area (Å²) in [6, 6.07) is 5.56. The number of hydrogen-bond acceptors (Lipinski definition) is 3. The normalized spacial score (nSPS) is 25.4. The van der Waals surface area contributed by atoms with Crippen LogP contribution < -0.4 is 5.73 Å². The van der Waals surface area contributed by atoms with Crippen LogP contribution in [0.1, 0.15) is 30.6 Å². The van der Waals surface area contributed by atoms with E-state index in [1.165, 1.54) is 34.3 Å². The van der Waals surface area contributed by atoms with Crippen LogP contribution in [0.15, 0.2) is 15.9 Å². The van der Waals surface area contributed by atoms with Gasteiger partial charge in [-0.25, -0.2) is 0 Å². The molecule has 2 N–H and O–H groups in total. The van der Waals surface area contributed by atoms with Gasteiger partial charge in [0.05, 0.1) is 3.79 Å². The third-order valence-corrected chi connectivity index (χ3v) is 5.39. The average Bonchev–Trinajstić information content (AvgIpc) is 2.73. The Balaban J connectivity index is 1.75. The van der Waals surface area contributed by atoms with Crippen molar-refractivity contribution in [3.63, 3.8) is 0 Å². The summed E-state index contributed by atoms with van der Waals surface area (Å²) in [6.07, 6.45) is 6.09. The van der Waals surface area contributed by atoms with Gasteiger partial charge in [0.1, 0.15) is 0 Å². The van der Waals surface area contributed by atoms with Crippen LogP contribution in [0, 0.1) is 0 Å². The van der Waals surface area contributed by atoms with Gasteiger partial charge in [-0.15, -0.1) is 11.3 Å². The van der Waals surface area contributed by atoms with Gasteiger partial charge in [0.2, 0.25) is 0 Å². The summed E-state index contributed by atoms with van der Waals surface area (Å²) in [6.45, 7) is 1.16. The van der Waals surface area contributed by atoms with Crippen molar-refractivity contribution in [1.82, 2.24) is 4.90 Å². The minimum atomic E-state index is 0.452. The minimum Gasteiger partial charge on any atom is -0.328 e. The SMILES string of the molecule is CN(CCc1ccc(Br)s1)C1CCC(N)CC1. The molecule has 0 unspecified atom stereocenters. The molecule has 1 aliphatic rings. The van der Waals surface area contributed by atoms with Crippen molar-refractivity contribution in [3.8, 4) is 0 Å². The Bertz CT molecular complexity index is 345. The van der Waals surface area contributed by atoms with Gasteiger partial charge in [0, 0.05) is 23.5 Å². The van der Waals surface area contributed by atoms with Crippen molar-refractivity contribution in [3.05, 3.63) is 20.8 Å². The molecule has 0 aliphatic heterocycles. The lowest BCUT2D eigenvalue weighted by Gasteiger charge is -2.33. The fraction of sp³-hybridized carbons (Fsp3) is 0.692. The summed E-state index contributed by atoms with van der Waals surface area (Å²) in [4.78, 5) is 3.98. The van der Waals surface area contributed by atoms with Gasteiger partial charge in [-0.1, -0.05) is 0 Å². The highest BCUT2D eigenvalue weighted by atomic mass is 79.9. The molecule has 1 saturated carbocycles. The number of nitrogens with two attached hydrogens (primary N) is 1. The van der Waals surface area contributed by atoms with E-state index in [0.717, 1.165) is 19.0 Å². The third-order valence-electron chi connectivity index (χ3n) is 3.70. The standard InChI is InChI=1S/C13H21BrN2S/c1-16(11-4-2-10(15)3-5-11)9-8-12-6-7-13(14)17-12/h6-7,10-11H,2-5,8-9,15H2,1H3. The van der Waals surface area contributed by atoms with E-state index in [1.54, 1.807) is 0 Å². The van der Waals surface area contributed by atoms with Crippen molar-refractivity contribution >= 4 is 27.3 Å². The maximum absolute atomic E-state index is 5.94. The van der Waals surface area contributed by atoms with Crippen molar-refractivity contribution in [2.45, 2.75) is 44.2 Å². The van der Waals surface area contributed by atoms with Crippen molar-refractivity contribution < 1.29 is 0 Å². The first-order chi connectivity index (χ1) is 8.15. The highest BCUT2D eigenvalue weighted by Crippen LogP contribution is 2.24. The van der Waals surface area contributed by atoms with E-state index >= 15 is 0 Å². The zero-order valence-corrected chi connectivity index (χ0v) is 12.8. The lowest BCUT2D eigenvalue weighted by molar-refractivity contribution is 0.185. The van der Waals surface area contributed by atoms with Crippen LogP contribution >= 0.6 is 27.3 Å². The second kappa shape index (κ2) is 6.32. The van der Waals surface area contributed by atoms with Crippen LogP contribution in [-0.4, -0.2) is 30.6 Å². The van der Waals surface area contributed by atoms with Gasteiger partial charge in [-0.05, 0) is 67.2 Å².